The average molecular weight is 274 g/mol. The van der Waals surface area contributed by atoms with Crippen molar-refractivity contribution in [3.8, 4) is 0 Å². The van der Waals surface area contributed by atoms with Gasteiger partial charge in [-0.25, -0.2) is 4.99 Å². The van der Waals surface area contributed by atoms with Gasteiger partial charge in [0.1, 0.15) is 12.6 Å². The highest BCUT2D eigenvalue weighted by atomic mass is 35.5. The van der Waals surface area contributed by atoms with Gasteiger partial charge in [-0.05, 0) is 18.2 Å². The molecule has 2 rings (SSSR count). The number of likely N-dealkylation sites (N-methyl/N-ethyl adjacent to an activating group) is 1. The zero-order valence-electron chi connectivity index (χ0n) is 9.36. The van der Waals surface area contributed by atoms with E-state index in [4.69, 9.17) is 33.7 Å². The summed E-state index contributed by atoms with van der Waals surface area (Å²) in [5, 5.41) is 1.23. The first kappa shape index (κ1) is 12.3. The molecule has 0 aromatic heterocycles. The maximum Gasteiger partial charge on any atom is 0.282 e. The van der Waals surface area contributed by atoms with Gasteiger partial charge < -0.3 is 15.4 Å². The molecule has 0 spiro atoms. The second-order valence-electron chi connectivity index (χ2n) is 3.94. The minimum Gasteiger partial charge on any atom is -0.463 e. The van der Waals surface area contributed by atoms with Gasteiger partial charge in [-0.15, -0.1) is 0 Å². The fourth-order valence-electron chi connectivity index (χ4n) is 1.71. The van der Waals surface area contributed by atoms with Crippen molar-refractivity contribution in [2.45, 2.75) is 6.04 Å². The van der Waals surface area contributed by atoms with Gasteiger partial charge in [0.25, 0.3) is 6.02 Å². The highest BCUT2D eigenvalue weighted by Crippen LogP contribution is 2.25. The van der Waals surface area contributed by atoms with Gasteiger partial charge in [0.05, 0.1) is 0 Å². The molecule has 0 saturated carbocycles. The maximum atomic E-state index is 5.95. The molecule has 92 valence electrons. The lowest BCUT2D eigenvalue weighted by molar-refractivity contribution is 0.314. The molecule has 0 fully saturated rings. The van der Waals surface area contributed by atoms with Crippen LogP contribution in [-0.4, -0.2) is 32.3 Å². The SMILES string of the molecule is CN(C[C@H]1COC(N)=N1)c1cc(Cl)cc(Cl)c1. The Kier molecular flexibility index (Phi) is 3.64. The van der Waals surface area contributed by atoms with Crippen LogP contribution in [0.4, 0.5) is 5.69 Å². The molecule has 0 unspecified atom stereocenters. The minimum atomic E-state index is 0.0535. The number of rotatable bonds is 3. The third kappa shape index (κ3) is 3.17. The van der Waals surface area contributed by atoms with E-state index >= 15 is 0 Å². The molecule has 0 radical (unpaired) electrons. The van der Waals surface area contributed by atoms with E-state index in [2.05, 4.69) is 4.99 Å². The Morgan fingerprint density at radius 3 is 2.59 bits per heavy atom. The van der Waals surface area contributed by atoms with Crippen LogP contribution in [0.2, 0.25) is 10.0 Å². The van der Waals surface area contributed by atoms with Crippen molar-refractivity contribution in [1.29, 1.82) is 0 Å². The van der Waals surface area contributed by atoms with Crippen LogP contribution in [0.15, 0.2) is 23.2 Å². The molecule has 17 heavy (non-hydrogen) atoms. The molecule has 0 amide bonds. The van der Waals surface area contributed by atoms with E-state index in [1.165, 1.54) is 0 Å². The van der Waals surface area contributed by atoms with Gasteiger partial charge in [0.2, 0.25) is 0 Å². The van der Waals surface area contributed by atoms with Gasteiger partial charge >= 0.3 is 0 Å². The summed E-state index contributed by atoms with van der Waals surface area (Å²) in [5.41, 5.74) is 6.40. The van der Waals surface area contributed by atoms with Gasteiger partial charge in [-0.3, -0.25) is 0 Å². The third-order valence-electron chi connectivity index (χ3n) is 2.51. The van der Waals surface area contributed by atoms with E-state index in [1.54, 1.807) is 6.07 Å². The van der Waals surface area contributed by atoms with Crippen LogP contribution < -0.4 is 10.6 Å². The van der Waals surface area contributed by atoms with Crippen LogP contribution in [-0.2, 0) is 4.74 Å². The monoisotopic (exact) mass is 273 g/mol. The molecule has 4 nitrogen and oxygen atoms in total. The van der Waals surface area contributed by atoms with E-state index in [0.717, 1.165) is 5.69 Å². The largest absolute Gasteiger partial charge is 0.463 e. The summed E-state index contributed by atoms with van der Waals surface area (Å²) < 4.78 is 5.10. The zero-order chi connectivity index (χ0) is 12.4. The fourth-order valence-corrected chi connectivity index (χ4v) is 2.23. The molecule has 6 heteroatoms. The van der Waals surface area contributed by atoms with Crippen molar-refractivity contribution in [3.63, 3.8) is 0 Å². The summed E-state index contributed by atoms with van der Waals surface area (Å²) in [4.78, 5) is 6.19. The molecule has 1 aromatic carbocycles. The second-order valence-corrected chi connectivity index (χ2v) is 4.81. The molecule has 1 aromatic rings. The number of amidine groups is 1. The summed E-state index contributed by atoms with van der Waals surface area (Å²) in [6, 6.07) is 5.73. The molecule has 1 atom stereocenters. The Morgan fingerprint density at radius 2 is 2.06 bits per heavy atom. The molecule has 1 heterocycles. The first-order valence-corrected chi connectivity index (χ1v) is 5.93. The number of benzene rings is 1. The highest BCUT2D eigenvalue weighted by molar-refractivity contribution is 6.35. The molecule has 1 aliphatic rings. The molecule has 2 N–H and O–H groups in total. The predicted octanol–water partition coefficient (Wildman–Crippen LogP) is 2.14. The third-order valence-corrected chi connectivity index (χ3v) is 2.94. The van der Waals surface area contributed by atoms with Crippen LogP contribution in [0.1, 0.15) is 0 Å². The van der Waals surface area contributed by atoms with Crippen LogP contribution in [0.25, 0.3) is 0 Å². The van der Waals surface area contributed by atoms with E-state index in [9.17, 15) is 0 Å². The number of ether oxygens (including phenoxy) is 1. The fraction of sp³-hybridized carbons (Fsp3) is 0.364. The van der Waals surface area contributed by atoms with Crippen molar-refractivity contribution in [2.24, 2.45) is 10.7 Å². The summed E-state index contributed by atoms with van der Waals surface area (Å²) in [7, 11) is 1.95. The number of halogens is 2. The Hall–Kier alpha value is -1.13. The van der Waals surface area contributed by atoms with Crippen molar-refractivity contribution < 1.29 is 4.74 Å². The van der Waals surface area contributed by atoms with Crippen LogP contribution in [0.5, 0.6) is 0 Å². The van der Waals surface area contributed by atoms with Crippen LogP contribution >= 0.6 is 23.2 Å². The number of aliphatic imine (C=N–C) groups is 1. The molecule has 0 saturated heterocycles. The maximum absolute atomic E-state index is 5.95. The van der Waals surface area contributed by atoms with Gasteiger partial charge in [-0.2, -0.15) is 0 Å². The summed E-state index contributed by atoms with van der Waals surface area (Å²) in [6.07, 6.45) is 0. The van der Waals surface area contributed by atoms with Gasteiger partial charge in [-0.1, -0.05) is 23.2 Å². The number of nitrogens with two attached hydrogens (primary N) is 1. The molecular formula is C11H13Cl2N3O. The first-order chi connectivity index (χ1) is 8.04. The van der Waals surface area contributed by atoms with Crippen molar-refractivity contribution >= 4 is 34.9 Å². The van der Waals surface area contributed by atoms with Crippen LogP contribution in [0.3, 0.4) is 0 Å². The van der Waals surface area contributed by atoms with E-state index < -0.39 is 0 Å². The standard InChI is InChI=1S/C11H13Cl2N3O/c1-16(5-9-6-17-11(14)15-9)10-3-7(12)2-8(13)4-10/h2-4,9H,5-6H2,1H3,(H2,14,15)/t9-/m0/s1. The Labute approximate surface area is 110 Å². The first-order valence-electron chi connectivity index (χ1n) is 5.18. The summed E-state index contributed by atoms with van der Waals surface area (Å²) in [6.45, 7) is 1.22. The highest BCUT2D eigenvalue weighted by Gasteiger charge is 2.18. The normalized spacial score (nSPS) is 18.8. The number of nitrogens with zero attached hydrogens (tertiary/aromatic N) is 2. The smallest absolute Gasteiger partial charge is 0.282 e. The number of hydrogen-bond acceptors (Lipinski definition) is 4. The van der Waals surface area contributed by atoms with Crippen molar-refractivity contribution in [3.05, 3.63) is 28.2 Å². The quantitative estimate of drug-likeness (QED) is 0.918. The summed E-state index contributed by atoms with van der Waals surface area (Å²) >= 11 is 11.9. The lowest BCUT2D eigenvalue weighted by atomic mass is 10.2. The van der Waals surface area contributed by atoms with Crippen LogP contribution in [0, 0.1) is 0 Å². The van der Waals surface area contributed by atoms with Crippen molar-refractivity contribution in [2.75, 3.05) is 25.1 Å². The van der Waals surface area contributed by atoms with Gasteiger partial charge in [0.15, 0.2) is 0 Å². The Morgan fingerprint density at radius 1 is 1.41 bits per heavy atom. The molecule has 0 bridgehead atoms. The zero-order valence-corrected chi connectivity index (χ0v) is 10.9. The summed E-state index contributed by atoms with van der Waals surface area (Å²) in [5.74, 6) is 0. The Bertz CT molecular complexity index is 430. The molecule has 1 aliphatic heterocycles. The molecular weight excluding hydrogens is 261 g/mol. The van der Waals surface area contributed by atoms with E-state index in [1.807, 2.05) is 24.1 Å². The lowest BCUT2D eigenvalue weighted by Gasteiger charge is -2.21. The van der Waals surface area contributed by atoms with E-state index in [-0.39, 0.29) is 12.1 Å². The minimum absolute atomic E-state index is 0.0535. The van der Waals surface area contributed by atoms with Gasteiger partial charge in [0, 0.05) is 29.3 Å². The van der Waals surface area contributed by atoms with Crippen molar-refractivity contribution in [1.82, 2.24) is 0 Å². The van der Waals surface area contributed by atoms with E-state index in [0.29, 0.717) is 23.2 Å². The number of anilines is 1. The lowest BCUT2D eigenvalue weighted by Crippen LogP contribution is -2.28. The number of hydrogen-bond donors (Lipinski definition) is 1. The Balaban J connectivity index is 2.06. The topological polar surface area (TPSA) is 50.9 Å². The second kappa shape index (κ2) is 5.02. The predicted molar refractivity (Wildman–Crippen MR) is 71.1 cm³/mol. The molecule has 0 aliphatic carbocycles. The average Bonchev–Trinajstić information content (AvgIpc) is 2.62.